The van der Waals surface area contributed by atoms with Crippen molar-refractivity contribution in [3.63, 3.8) is 0 Å². The van der Waals surface area contributed by atoms with Gasteiger partial charge >= 0.3 is 0 Å². The van der Waals surface area contributed by atoms with Gasteiger partial charge in [0.25, 0.3) is 0 Å². The Balaban J connectivity index is 2.83. The number of anilines is 1. The van der Waals surface area contributed by atoms with Crippen molar-refractivity contribution in [2.45, 2.75) is 0 Å². The monoisotopic (exact) mass is 153 g/mol. The fourth-order valence-corrected chi connectivity index (χ4v) is 0.825. The minimum atomic E-state index is 1.17. The van der Waals surface area contributed by atoms with Crippen molar-refractivity contribution in [3.05, 3.63) is 24.5 Å². The van der Waals surface area contributed by atoms with Crippen molar-refractivity contribution < 1.29 is 9.57 Å². The van der Waals surface area contributed by atoms with E-state index in [2.05, 4.69) is 0 Å². The molecular formula is C8H13N2O+. The van der Waals surface area contributed by atoms with E-state index in [1.165, 1.54) is 5.69 Å². The molecule has 0 aromatic carbocycles. The van der Waals surface area contributed by atoms with Crippen LogP contribution in [0.2, 0.25) is 0 Å². The van der Waals surface area contributed by atoms with Gasteiger partial charge in [-0.3, -0.25) is 4.84 Å². The van der Waals surface area contributed by atoms with Crippen molar-refractivity contribution in [3.8, 4) is 0 Å². The Morgan fingerprint density at radius 1 is 1.27 bits per heavy atom. The first-order valence-electron chi connectivity index (χ1n) is 3.47. The van der Waals surface area contributed by atoms with Crippen LogP contribution in [-0.2, 0) is 0 Å². The first kappa shape index (κ1) is 7.85. The maximum Gasteiger partial charge on any atom is 0.224 e. The summed E-state index contributed by atoms with van der Waals surface area (Å²) in [4.78, 5) is 6.99. The maximum absolute atomic E-state index is 4.95. The van der Waals surface area contributed by atoms with Crippen molar-refractivity contribution in [2.75, 3.05) is 26.1 Å². The Kier molecular flexibility index (Phi) is 2.31. The third-order valence-corrected chi connectivity index (χ3v) is 1.51. The van der Waals surface area contributed by atoms with Crippen molar-refractivity contribution in [1.29, 1.82) is 0 Å². The van der Waals surface area contributed by atoms with Crippen LogP contribution >= 0.6 is 0 Å². The quantitative estimate of drug-likeness (QED) is 0.560. The molecule has 1 aromatic heterocycles. The van der Waals surface area contributed by atoms with Gasteiger partial charge in [0, 0.05) is 36.6 Å². The zero-order valence-corrected chi connectivity index (χ0v) is 7.11. The van der Waals surface area contributed by atoms with E-state index in [0.29, 0.717) is 0 Å². The van der Waals surface area contributed by atoms with E-state index in [0.717, 1.165) is 0 Å². The van der Waals surface area contributed by atoms with Crippen molar-refractivity contribution >= 4 is 5.69 Å². The molecule has 1 heterocycles. The number of aromatic nitrogens is 1. The van der Waals surface area contributed by atoms with Gasteiger partial charge in [0.2, 0.25) is 12.4 Å². The predicted octanol–water partition coefficient (Wildman–Crippen LogP) is 0.0985. The molecule has 0 unspecified atom stereocenters. The van der Waals surface area contributed by atoms with E-state index in [1.54, 1.807) is 11.8 Å². The average Bonchev–Trinajstić information content (AvgIpc) is 2.05. The topological polar surface area (TPSA) is 16.4 Å². The Morgan fingerprint density at radius 3 is 2.18 bits per heavy atom. The van der Waals surface area contributed by atoms with Gasteiger partial charge in [0.05, 0.1) is 0 Å². The van der Waals surface area contributed by atoms with Crippen molar-refractivity contribution in [1.82, 2.24) is 0 Å². The van der Waals surface area contributed by atoms with Crippen LogP contribution in [0.3, 0.4) is 0 Å². The molecule has 1 rings (SSSR count). The van der Waals surface area contributed by atoms with Crippen LogP contribution < -0.4 is 14.5 Å². The molecule has 0 amide bonds. The van der Waals surface area contributed by atoms with E-state index >= 15 is 0 Å². The highest BCUT2D eigenvalue weighted by Crippen LogP contribution is 2.05. The number of pyridine rings is 1. The number of hydrogen-bond acceptors (Lipinski definition) is 2. The van der Waals surface area contributed by atoms with E-state index in [-0.39, 0.29) is 0 Å². The summed E-state index contributed by atoms with van der Waals surface area (Å²) in [6.07, 6.45) is 3.74. The molecule has 0 atom stereocenters. The Labute approximate surface area is 66.8 Å². The molecule has 0 saturated carbocycles. The Morgan fingerprint density at radius 2 is 1.82 bits per heavy atom. The van der Waals surface area contributed by atoms with Crippen LogP contribution in [-0.4, -0.2) is 21.2 Å². The van der Waals surface area contributed by atoms with Gasteiger partial charge in [-0.05, 0) is 0 Å². The molecule has 0 bridgehead atoms. The SMILES string of the molecule is CO[n+]1ccc(N(C)C)cc1. The van der Waals surface area contributed by atoms with Crippen LogP contribution in [0.1, 0.15) is 0 Å². The van der Waals surface area contributed by atoms with E-state index in [1.807, 2.05) is 43.5 Å². The Hall–Kier alpha value is -1.25. The van der Waals surface area contributed by atoms with E-state index < -0.39 is 0 Å². The van der Waals surface area contributed by atoms with Gasteiger partial charge in [-0.15, -0.1) is 0 Å². The van der Waals surface area contributed by atoms with Gasteiger partial charge < -0.3 is 4.90 Å². The lowest BCUT2D eigenvalue weighted by Crippen LogP contribution is -2.39. The number of nitrogens with zero attached hydrogens (tertiary/aromatic N) is 2. The minimum Gasteiger partial charge on any atom is -0.377 e. The summed E-state index contributed by atoms with van der Waals surface area (Å²) in [5.74, 6) is 0. The smallest absolute Gasteiger partial charge is 0.224 e. The molecule has 0 N–H and O–H groups in total. The highest BCUT2D eigenvalue weighted by molar-refractivity contribution is 5.41. The highest BCUT2D eigenvalue weighted by atomic mass is 16.6. The predicted molar refractivity (Wildman–Crippen MR) is 43.5 cm³/mol. The minimum absolute atomic E-state index is 1.17. The zero-order chi connectivity index (χ0) is 8.27. The molecule has 0 spiro atoms. The largest absolute Gasteiger partial charge is 0.377 e. The molecule has 60 valence electrons. The van der Waals surface area contributed by atoms with Gasteiger partial charge in [-0.1, -0.05) is 0 Å². The molecule has 3 nitrogen and oxygen atoms in total. The fraction of sp³-hybridized carbons (Fsp3) is 0.375. The van der Waals surface area contributed by atoms with Gasteiger partial charge in [0.1, 0.15) is 7.11 Å². The summed E-state index contributed by atoms with van der Waals surface area (Å²) >= 11 is 0. The van der Waals surface area contributed by atoms with Crippen LogP contribution in [0.5, 0.6) is 0 Å². The first-order valence-corrected chi connectivity index (χ1v) is 3.47. The summed E-state index contributed by atoms with van der Waals surface area (Å²) in [5.41, 5.74) is 1.17. The molecule has 0 aliphatic heterocycles. The molecule has 0 aliphatic carbocycles. The average molecular weight is 153 g/mol. The number of hydrogen-bond donors (Lipinski definition) is 0. The summed E-state index contributed by atoms with van der Waals surface area (Å²) in [7, 11) is 5.65. The molecule has 11 heavy (non-hydrogen) atoms. The molecule has 0 saturated heterocycles. The Bertz CT molecular complexity index is 218. The lowest BCUT2D eigenvalue weighted by atomic mass is 10.4. The van der Waals surface area contributed by atoms with E-state index in [4.69, 9.17) is 4.84 Å². The lowest BCUT2D eigenvalue weighted by Gasteiger charge is -2.09. The van der Waals surface area contributed by atoms with Crippen LogP contribution in [0.25, 0.3) is 0 Å². The second kappa shape index (κ2) is 3.23. The van der Waals surface area contributed by atoms with Gasteiger partial charge in [-0.2, -0.15) is 0 Å². The van der Waals surface area contributed by atoms with Crippen molar-refractivity contribution in [2.24, 2.45) is 0 Å². The van der Waals surface area contributed by atoms with Gasteiger partial charge in [-0.25, -0.2) is 0 Å². The van der Waals surface area contributed by atoms with Gasteiger partial charge in [0.15, 0.2) is 0 Å². The van der Waals surface area contributed by atoms with E-state index in [9.17, 15) is 0 Å². The molecule has 0 radical (unpaired) electrons. The molecule has 3 heteroatoms. The zero-order valence-electron chi connectivity index (χ0n) is 7.11. The highest BCUT2D eigenvalue weighted by Gasteiger charge is 1.99. The second-order valence-electron chi connectivity index (χ2n) is 2.49. The summed E-state index contributed by atoms with van der Waals surface area (Å²) in [6, 6.07) is 3.98. The molecule has 0 fully saturated rings. The summed E-state index contributed by atoms with van der Waals surface area (Å²) in [6.45, 7) is 0. The second-order valence-corrected chi connectivity index (χ2v) is 2.49. The standard InChI is InChI=1S/C8H13N2O/c1-9(2)8-4-6-10(11-3)7-5-8/h4-7H,1-3H3/q+1. The van der Waals surface area contributed by atoms with Crippen LogP contribution in [0, 0.1) is 0 Å². The first-order chi connectivity index (χ1) is 5.24. The third-order valence-electron chi connectivity index (χ3n) is 1.51. The normalized spacial score (nSPS) is 9.36. The fourth-order valence-electron chi connectivity index (χ4n) is 0.825. The number of rotatable bonds is 2. The lowest BCUT2D eigenvalue weighted by molar-refractivity contribution is -0.885. The summed E-state index contributed by atoms with van der Waals surface area (Å²) in [5, 5.41) is 0. The third kappa shape index (κ3) is 1.83. The summed E-state index contributed by atoms with van der Waals surface area (Å²) < 4.78 is 1.65. The molecule has 0 aliphatic rings. The maximum atomic E-state index is 4.95. The van der Waals surface area contributed by atoms with Crippen LogP contribution in [0.4, 0.5) is 5.69 Å². The van der Waals surface area contributed by atoms with Crippen LogP contribution in [0.15, 0.2) is 24.5 Å². The molecular weight excluding hydrogens is 140 g/mol. The molecule has 1 aromatic rings.